The van der Waals surface area contributed by atoms with Crippen LogP contribution in [0.25, 0.3) is 0 Å². The number of anilines is 1. The third-order valence-corrected chi connectivity index (χ3v) is 5.12. The second-order valence-corrected chi connectivity index (χ2v) is 7.34. The number of amides is 2. The lowest BCUT2D eigenvalue weighted by Crippen LogP contribution is -2.27. The van der Waals surface area contributed by atoms with E-state index in [0.29, 0.717) is 47.3 Å². The molecule has 0 aromatic heterocycles. The lowest BCUT2D eigenvalue weighted by atomic mass is 10.1. The second kappa shape index (κ2) is 9.43. The summed E-state index contributed by atoms with van der Waals surface area (Å²) in [5.74, 6) is 0.976. The average Bonchev–Trinajstić information content (AvgIpc) is 2.84. The molecule has 4 rings (SSSR count). The quantitative estimate of drug-likeness (QED) is 0.610. The predicted octanol–water partition coefficient (Wildman–Crippen LogP) is 4.21. The maximum absolute atomic E-state index is 12.9. The van der Waals surface area contributed by atoms with Gasteiger partial charge >= 0.3 is 0 Å². The first-order valence-corrected chi connectivity index (χ1v) is 10.3. The Morgan fingerprint density at radius 3 is 2.47 bits per heavy atom. The first-order valence-electron chi connectivity index (χ1n) is 10.3. The van der Waals surface area contributed by atoms with Gasteiger partial charge in [0.15, 0.2) is 11.5 Å². The van der Waals surface area contributed by atoms with Crippen LogP contribution in [0.2, 0.25) is 0 Å². The van der Waals surface area contributed by atoms with Crippen molar-refractivity contribution in [2.75, 3.05) is 25.6 Å². The highest BCUT2D eigenvalue weighted by molar-refractivity contribution is 6.04. The summed E-state index contributed by atoms with van der Waals surface area (Å²) in [5, 5.41) is 5.87. The molecule has 0 fully saturated rings. The van der Waals surface area contributed by atoms with Crippen LogP contribution in [-0.2, 0) is 0 Å². The normalized spacial score (nSPS) is 13.1. The molecule has 1 atom stereocenters. The van der Waals surface area contributed by atoms with Gasteiger partial charge in [-0.2, -0.15) is 0 Å². The van der Waals surface area contributed by atoms with Crippen LogP contribution in [0.4, 0.5) is 5.69 Å². The van der Waals surface area contributed by atoms with Crippen molar-refractivity contribution in [3.63, 3.8) is 0 Å². The van der Waals surface area contributed by atoms with E-state index in [2.05, 4.69) is 10.6 Å². The van der Waals surface area contributed by atoms with Gasteiger partial charge in [0.1, 0.15) is 13.2 Å². The zero-order valence-corrected chi connectivity index (χ0v) is 17.9. The molecule has 3 aromatic rings. The van der Waals surface area contributed by atoms with Crippen LogP contribution in [0.5, 0.6) is 17.2 Å². The third-order valence-electron chi connectivity index (χ3n) is 5.12. The minimum absolute atomic E-state index is 0.192. The Bertz CT molecular complexity index is 1110. The molecule has 2 N–H and O–H groups in total. The molecule has 7 heteroatoms. The highest BCUT2D eigenvalue weighted by Crippen LogP contribution is 2.40. The fraction of sp³-hybridized carbons (Fsp3) is 0.200. The molecule has 0 saturated carbocycles. The maximum atomic E-state index is 12.9. The van der Waals surface area contributed by atoms with E-state index in [1.807, 2.05) is 49.4 Å². The first kappa shape index (κ1) is 21.2. The summed E-state index contributed by atoms with van der Waals surface area (Å²) in [6.45, 7) is 2.73. The van der Waals surface area contributed by atoms with Gasteiger partial charge in [-0.1, -0.05) is 30.3 Å². The Labute approximate surface area is 186 Å². The molecule has 0 bridgehead atoms. The number of carbonyl (C=O) groups is 2. The number of methoxy groups -OCH3 is 1. The summed E-state index contributed by atoms with van der Waals surface area (Å²) >= 11 is 0. The number of benzene rings is 3. The van der Waals surface area contributed by atoms with Gasteiger partial charge in [-0.15, -0.1) is 0 Å². The summed E-state index contributed by atoms with van der Waals surface area (Å²) in [5.41, 5.74) is 2.49. The Morgan fingerprint density at radius 2 is 1.69 bits per heavy atom. The van der Waals surface area contributed by atoms with Crippen molar-refractivity contribution in [1.82, 2.24) is 5.32 Å². The molecule has 32 heavy (non-hydrogen) atoms. The molecule has 1 heterocycles. The Hall–Kier alpha value is -4.00. The Kier molecular flexibility index (Phi) is 6.26. The van der Waals surface area contributed by atoms with E-state index in [9.17, 15) is 9.59 Å². The van der Waals surface area contributed by atoms with E-state index in [-0.39, 0.29) is 17.9 Å². The molecule has 0 spiro atoms. The van der Waals surface area contributed by atoms with Crippen LogP contribution in [-0.4, -0.2) is 32.1 Å². The number of carbonyl (C=O) groups excluding carboxylic acids is 2. The molecule has 7 nitrogen and oxygen atoms in total. The van der Waals surface area contributed by atoms with Crippen molar-refractivity contribution < 1.29 is 23.8 Å². The lowest BCUT2D eigenvalue weighted by molar-refractivity contribution is 0.0937. The third kappa shape index (κ3) is 4.67. The maximum Gasteiger partial charge on any atom is 0.255 e. The van der Waals surface area contributed by atoms with Crippen LogP contribution in [0.1, 0.15) is 39.2 Å². The monoisotopic (exact) mass is 432 g/mol. The van der Waals surface area contributed by atoms with Gasteiger partial charge in [-0.25, -0.2) is 0 Å². The van der Waals surface area contributed by atoms with E-state index in [4.69, 9.17) is 14.2 Å². The predicted molar refractivity (Wildman–Crippen MR) is 121 cm³/mol. The van der Waals surface area contributed by atoms with Gasteiger partial charge in [0.2, 0.25) is 5.75 Å². The van der Waals surface area contributed by atoms with Crippen LogP contribution >= 0.6 is 0 Å². The number of ether oxygens (including phenoxy) is 3. The molecule has 0 aliphatic carbocycles. The van der Waals surface area contributed by atoms with E-state index in [1.165, 1.54) is 7.11 Å². The lowest BCUT2D eigenvalue weighted by Gasteiger charge is -2.22. The molecule has 1 aliphatic heterocycles. The van der Waals surface area contributed by atoms with Crippen molar-refractivity contribution in [3.8, 4) is 17.2 Å². The van der Waals surface area contributed by atoms with E-state index >= 15 is 0 Å². The van der Waals surface area contributed by atoms with Gasteiger partial charge in [-0.3, -0.25) is 9.59 Å². The fourth-order valence-corrected chi connectivity index (χ4v) is 3.45. The standard InChI is InChI=1S/C25H24N2O5/c1-16(18-9-6-10-20(13-18)27-24(28)17-7-4-3-5-8-17)26-25(29)19-14-21(30-2)23-22(15-19)31-11-12-32-23/h3-10,13-16H,11-12H2,1-2H3,(H,26,29)(H,27,28). The zero-order valence-electron chi connectivity index (χ0n) is 17.9. The summed E-state index contributed by atoms with van der Waals surface area (Å²) in [7, 11) is 1.52. The number of fused-ring (bicyclic) bond motifs is 1. The zero-order chi connectivity index (χ0) is 22.5. The van der Waals surface area contributed by atoms with Crippen LogP contribution in [0.3, 0.4) is 0 Å². The molecule has 164 valence electrons. The van der Waals surface area contributed by atoms with Gasteiger partial charge in [0.05, 0.1) is 13.2 Å². The molecule has 1 aliphatic rings. The van der Waals surface area contributed by atoms with Gasteiger partial charge < -0.3 is 24.8 Å². The van der Waals surface area contributed by atoms with Gasteiger partial charge in [0, 0.05) is 16.8 Å². The first-order chi connectivity index (χ1) is 15.5. The van der Waals surface area contributed by atoms with E-state index in [0.717, 1.165) is 5.56 Å². The van der Waals surface area contributed by atoms with Crippen molar-refractivity contribution in [2.24, 2.45) is 0 Å². The van der Waals surface area contributed by atoms with Crippen molar-refractivity contribution >= 4 is 17.5 Å². The van der Waals surface area contributed by atoms with E-state index in [1.54, 1.807) is 24.3 Å². The van der Waals surface area contributed by atoms with Crippen LogP contribution in [0.15, 0.2) is 66.7 Å². The van der Waals surface area contributed by atoms with Gasteiger partial charge in [0.25, 0.3) is 11.8 Å². The summed E-state index contributed by atoms with van der Waals surface area (Å²) in [4.78, 5) is 25.3. The molecule has 3 aromatic carbocycles. The summed E-state index contributed by atoms with van der Waals surface area (Å²) < 4.78 is 16.6. The number of hydrogen-bond donors (Lipinski definition) is 2. The SMILES string of the molecule is COc1cc(C(=O)NC(C)c2cccc(NC(=O)c3ccccc3)c2)cc2c1OCCO2. The molecule has 2 amide bonds. The minimum atomic E-state index is -0.296. The van der Waals surface area contributed by atoms with Crippen molar-refractivity contribution in [2.45, 2.75) is 13.0 Å². The number of hydrogen-bond acceptors (Lipinski definition) is 5. The molecule has 0 radical (unpaired) electrons. The smallest absolute Gasteiger partial charge is 0.255 e. The van der Waals surface area contributed by atoms with Crippen molar-refractivity contribution in [3.05, 3.63) is 83.4 Å². The molecular formula is C25H24N2O5. The topological polar surface area (TPSA) is 85.9 Å². The molecular weight excluding hydrogens is 408 g/mol. The highest BCUT2D eigenvalue weighted by Gasteiger charge is 2.22. The van der Waals surface area contributed by atoms with Crippen molar-refractivity contribution in [1.29, 1.82) is 0 Å². The van der Waals surface area contributed by atoms with E-state index < -0.39 is 0 Å². The summed E-state index contributed by atoms with van der Waals surface area (Å²) in [6, 6.07) is 19.4. The van der Waals surface area contributed by atoms with Crippen LogP contribution in [0, 0.1) is 0 Å². The fourth-order valence-electron chi connectivity index (χ4n) is 3.45. The number of nitrogens with one attached hydrogen (secondary N) is 2. The molecule has 0 saturated heterocycles. The van der Waals surface area contributed by atoms with Gasteiger partial charge in [-0.05, 0) is 48.9 Å². The molecule has 1 unspecified atom stereocenters. The Balaban J connectivity index is 1.47. The highest BCUT2D eigenvalue weighted by atomic mass is 16.6. The largest absolute Gasteiger partial charge is 0.493 e. The average molecular weight is 432 g/mol. The summed E-state index contributed by atoms with van der Waals surface area (Å²) in [6.07, 6.45) is 0. The minimum Gasteiger partial charge on any atom is -0.493 e. The number of rotatable bonds is 6. The second-order valence-electron chi connectivity index (χ2n) is 7.34. The van der Waals surface area contributed by atoms with Crippen LogP contribution < -0.4 is 24.8 Å². The Morgan fingerprint density at radius 1 is 0.906 bits per heavy atom.